The number of hydrogen-bond donors (Lipinski definition) is 3. The molecule has 3 N–H and O–H groups in total. The monoisotopic (exact) mass is 697 g/mol. The number of carbonyl (C=O) groups is 2. The molecule has 2 unspecified atom stereocenters. The van der Waals surface area contributed by atoms with Gasteiger partial charge in [0.25, 0.3) is 0 Å². The maximum Gasteiger partial charge on any atom is 0.407 e. The lowest BCUT2D eigenvalue weighted by Gasteiger charge is -2.49. The van der Waals surface area contributed by atoms with E-state index in [9.17, 15) is 19.8 Å². The number of amides is 1. The highest BCUT2D eigenvalue weighted by molar-refractivity contribution is 5.74. The van der Waals surface area contributed by atoms with Crippen LogP contribution < -0.4 is 5.32 Å². The van der Waals surface area contributed by atoms with E-state index in [1.165, 1.54) is 0 Å². The van der Waals surface area contributed by atoms with Gasteiger partial charge >= 0.3 is 12.1 Å². The lowest BCUT2D eigenvalue weighted by atomic mass is 9.69. The zero-order valence-electron chi connectivity index (χ0n) is 32.3. The number of aliphatic hydroxyl groups excluding tert-OH is 2. The fraction of sp³-hybridized carbons (Fsp3) is 0.947. The smallest absolute Gasteiger partial charge is 0.407 e. The molecule has 4 heterocycles. The van der Waals surface area contributed by atoms with Gasteiger partial charge in [-0.1, -0.05) is 69.2 Å². The van der Waals surface area contributed by atoms with Crippen LogP contribution in [-0.4, -0.2) is 89.7 Å². The van der Waals surface area contributed by atoms with E-state index in [0.717, 1.165) is 0 Å². The third-order valence-corrected chi connectivity index (χ3v) is 12.6. The second kappa shape index (κ2) is 15.6. The first-order chi connectivity index (χ1) is 22.7. The second-order valence-corrected chi connectivity index (χ2v) is 17.5. The van der Waals surface area contributed by atoms with E-state index in [1.54, 1.807) is 0 Å². The molecule has 284 valence electrons. The average molecular weight is 698 g/mol. The molecule has 4 fully saturated rings. The van der Waals surface area contributed by atoms with Gasteiger partial charge in [0.1, 0.15) is 24.4 Å². The molecule has 4 rings (SSSR count). The zero-order valence-corrected chi connectivity index (χ0v) is 32.3. The number of nitrogens with one attached hydrogen (secondary N) is 1. The fourth-order valence-electron chi connectivity index (χ4n) is 9.12. The lowest BCUT2D eigenvalue weighted by molar-refractivity contribution is -0.303. The number of cyclic esters (lactones) is 1. The van der Waals surface area contributed by atoms with E-state index < -0.39 is 90.5 Å². The maximum absolute atomic E-state index is 14.2. The van der Waals surface area contributed by atoms with E-state index in [0.29, 0.717) is 31.6 Å². The summed E-state index contributed by atoms with van der Waals surface area (Å²) in [5, 5.41) is 25.9. The van der Waals surface area contributed by atoms with Gasteiger partial charge in [0, 0.05) is 18.3 Å². The Hall–Kier alpha value is -1.50. The third-order valence-electron chi connectivity index (χ3n) is 12.6. The average Bonchev–Trinajstić information content (AvgIpc) is 3.40. The number of alkyl carbamates (subject to hydrolysis) is 1. The van der Waals surface area contributed by atoms with E-state index in [-0.39, 0.29) is 29.5 Å². The lowest BCUT2D eigenvalue weighted by Crippen LogP contribution is -2.56. The number of carbonyl (C=O) groups excluding carboxylic acids is 2. The van der Waals surface area contributed by atoms with Crippen molar-refractivity contribution in [3.8, 4) is 0 Å². The topological polar surface area (TPSA) is 142 Å². The van der Waals surface area contributed by atoms with Crippen molar-refractivity contribution in [1.82, 2.24) is 5.32 Å². The van der Waals surface area contributed by atoms with Crippen molar-refractivity contribution in [1.29, 1.82) is 0 Å². The van der Waals surface area contributed by atoms with Crippen molar-refractivity contribution in [2.45, 2.75) is 183 Å². The SMILES string of the molecule is CC[C@H]1OC(=O)[C@H](C)[C@@H](O[C@H]2CC(C)(C)[C@@H](C)[C@H](C)O2)[C@H](C)[C@@H](OC2O[C@H](C)C[C@H](C)[C@H]2O)C(C)(C)C[C@@H](C)[C@H](O)[C@H](C)[C@H]2OC(=O)NC12. The van der Waals surface area contributed by atoms with Crippen molar-refractivity contribution in [2.75, 3.05) is 0 Å². The van der Waals surface area contributed by atoms with Gasteiger partial charge in [0.2, 0.25) is 0 Å². The molecule has 4 saturated heterocycles. The summed E-state index contributed by atoms with van der Waals surface area (Å²) in [6, 6.07) is -0.618. The summed E-state index contributed by atoms with van der Waals surface area (Å²) in [5.41, 5.74) is -0.671. The summed E-state index contributed by atoms with van der Waals surface area (Å²) in [4.78, 5) is 26.8. The molecule has 11 heteroatoms. The summed E-state index contributed by atoms with van der Waals surface area (Å²) >= 11 is 0. The molecule has 4 aliphatic heterocycles. The van der Waals surface area contributed by atoms with Crippen LogP contribution in [0.4, 0.5) is 4.79 Å². The van der Waals surface area contributed by atoms with Crippen LogP contribution in [0, 0.1) is 46.3 Å². The molecular weight excluding hydrogens is 630 g/mol. The summed E-state index contributed by atoms with van der Waals surface area (Å²) in [6.45, 7) is 26.5. The Morgan fingerprint density at radius 3 is 2.08 bits per heavy atom. The first kappa shape index (κ1) is 40.3. The Labute approximate surface area is 294 Å². The molecule has 17 atom stereocenters. The van der Waals surface area contributed by atoms with E-state index >= 15 is 0 Å². The minimum atomic E-state index is -0.883. The number of rotatable bonds is 5. The second-order valence-electron chi connectivity index (χ2n) is 17.5. The molecule has 0 spiro atoms. The first-order valence-corrected chi connectivity index (χ1v) is 18.8. The summed E-state index contributed by atoms with van der Waals surface area (Å²) < 4.78 is 38.4. The van der Waals surface area contributed by atoms with Crippen LogP contribution in [0.3, 0.4) is 0 Å². The zero-order chi connectivity index (χ0) is 36.7. The van der Waals surface area contributed by atoms with Crippen LogP contribution in [0.1, 0.15) is 116 Å². The molecule has 1 amide bonds. The van der Waals surface area contributed by atoms with Crippen LogP contribution in [0.25, 0.3) is 0 Å². The Morgan fingerprint density at radius 1 is 0.816 bits per heavy atom. The predicted octanol–water partition coefficient (Wildman–Crippen LogP) is 5.82. The Balaban J connectivity index is 1.79. The Bertz CT molecular complexity index is 1130. The summed E-state index contributed by atoms with van der Waals surface area (Å²) in [6.07, 6.45) is -4.23. The minimum Gasteiger partial charge on any atom is -0.460 e. The standard InChI is InChI=1S/C38H67NO10/c1-14-26-28-32(48-36(43)39-28)21(5)29(40)19(3)16-38(12,13)33(49-35-30(41)18(2)15-20(4)44-35)22(6)31(23(7)34(42)46-26)47-27-17-37(10,11)24(8)25(9)45-27/h18-33,35,40-41H,14-17H2,1-13H3,(H,39,43)/t18-,19+,20+,21-,22-,23+,24-,25-,26+,27-,28?,29-,30+,31-,32+,33+,35?/m0/s1. The highest BCUT2D eigenvalue weighted by atomic mass is 16.7. The quantitative estimate of drug-likeness (QED) is 0.301. The molecule has 0 aromatic heterocycles. The van der Waals surface area contributed by atoms with Crippen molar-refractivity contribution in [3.05, 3.63) is 0 Å². The van der Waals surface area contributed by atoms with Gasteiger partial charge in [-0.2, -0.15) is 0 Å². The van der Waals surface area contributed by atoms with Gasteiger partial charge in [0.05, 0.1) is 36.4 Å². The number of esters is 1. The van der Waals surface area contributed by atoms with Gasteiger partial charge < -0.3 is 44.0 Å². The molecule has 0 aromatic rings. The summed E-state index contributed by atoms with van der Waals surface area (Å²) in [7, 11) is 0. The van der Waals surface area contributed by atoms with Gasteiger partial charge in [-0.15, -0.1) is 0 Å². The van der Waals surface area contributed by atoms with Crippen LogP contribution in [0.2, 0.25) is 0 Å². The molecular formula is C38H67NO10. The first-order valence-electron chi connectivity index (χ1n) is 18.8. The van der Waals surface area contributed by atoms with Gasteiger partial charge in [-0.05, 0) is 68.6 Å². The van der Waals surface area contributed by atoms with Gasteiger partial charge in [-0.25, -0.2) is 4.79 Å². The van der Waals surface area contributed by atoms with Crippen LogP contribution in [-0.2, 0) is 33.2 Å². The highest BCUT2D eigenvalue weighted by Crippen LogP contribution is 2.45. The molecule has 0 radical (unpaired) electrons. The number of fused-ring (bicyclic) bond motifs is 1. The van der Waals surface area contributed by atoms with Crippen molar-refractivity contribution in [3.63, 3.8) is 0 Å². The van der Waals surface area contributed by atoms with Crippen molar-refractivity contribution >= 4 is 12.1 Å². The van der Waals surface area contributed by atoms with Gasteiger partial charge in [-0.3, -0.25) is 4.79 Å². The van der Waals surface area contributed by atoms with Crippen LogP contribution >= 0.6 is 0 Å². The third kappa shape index (κ3) is 8.76. The molecule has 4 aliphatic rings. The largest absolute Gasteiger partial charge is 0.460 e. The number of hydrogen-bond acceptors (Lipinski definition) is 10. The molecule has 49 heavy (non-hydrogen) atoms. The van der Waals surface area contributed by atoms with Crippen molar-refractivity contribution in [2.24, 2.45) is 46.3 Å². The van der Waals surface area contributed by atoms with E-state index in [4.69, 9.17) is 28.4 Å². The Morgan fingerprint density at radius 2 is 1.47 bits per heavy atom. The van der Waals surface area contributed by atoms with Crippen LogP contribution in [0.15, 0.2) is 0 Å². The number of ether oxygens (including phenoxy) is 6. The van der Waals surface area contributed by atoms with E-state index in [2.05, 4.69) is 46.9 Å². The van der Waals surface area contributed by atoms with E-state index in [1.807, 2.05) is 48.5 Å². The number of aliphatic hydroxyl groups is 2. The normalized spacial score (nSPS) is 48.0. The van der Waals surface area contributed by atoms with Crippen molar-refractivity contribution < 1.29 is 48.2 Å². The molecule has 0 aromatic carbocycles. The molecule has 0 saturated carbocycles. The van der Waals surface area contributed by atoms with Crippen LogP contribution in [0.5, 0.6) is 0 Å². The summed E-state index contributed by atoms with van der Waals surface area (Å²) in [5.74, 6) is -2.03. The predicted molar refractivity (Wildman–Crippen MR) is 184 cm³/mol. The maximum atomic E-state index is 14.2. The van der Waals surface area contributed by atoms with Gasteiger partial charge in [0.15, 0.2) is 12.6 Å². The fourth-order valence-corrected chi connectivity index (χ4v) is 9.12. The molecule has 11 nitrogen and oxygen atoms in total. The molecule has 0 aliphatic carbocycles. The molecule has 0 bridgehead atoms. The highest BCUT2D eigenvalue weighted by Gasteiger charge is 2.52. The Kier molecular flexibility index (Phi) is 12.8. The minimum absolute atomic E-state index is 0.0313.